The molecule has 1 atom stereocenters. The van der Waals surface area contributed by atoms with Gasteiger partial charge in [0.05, 0.1) is 9.62 Å². The minimum atomic E-state index is 0.450. The number of nitrogen functional groups attached to an aromatic ring is 1. The molecule has 86 valence electrons. The molecule has 2 aromatic rings. The molecule has 0 bridgehead atoms. The van der Waals surface area contributed by atoms with Gasteiger partial charge in [-0.1, -0.05) is 35.9 Å². The van der Waals surface area contributed by atoms with Gasteiger partial charge in [-0.3, -0.25) is 0 Å². The topological polar surface area (TPSA) is 43.8 Å². The van der Waals surface area contributed by atoms with Crippen LogP contribution >= 0.6 is 33.9 Å². The molecule has 0 aliphatic heterocycles. The molecule has 0 fully saturated rings. The molecule has 2 aromatic heterocycles. The average Bonchev–Trinajstić information content (AvgIpc) is 2.86. The Balaban J connectivity index is 2.29. The third-order valence-electron chi connectivity index (χ3n) is 2.33. The molecule has 2 heterocycles. The van der Waals surface area contributed by atoms with Crippen molar-refractivity contribution < 1.29 is 0 Å². The van der Waals surface area contributed by atoms with E-state index < -0.39 is 0 Å². The number of thiophene rings is 1. The van der Waals surface area contributed by atoms with Crippen LogP contribution in [-0.2, 0) is 0 Å². The molecular weight excluding hydrogens is 333 g/mol. The van der Waals surface area contributed by atoms with Crippen LogP contribution in [0.1, 0.15) is 29.4 Å². The van der Waals surface area contributed by atoms with Gasteiger partial charge in [0.2, 0.25) is 0 Å². The molecular formula is C11H14IN3S. The zero-order chi connectivity index (χ0) is 11.5. The number of alkyl halides is 1. The average molecular weight is 347 g/mol. The van der Waals surface area contributed by atoms with E-state index in [2.05, 4.69) is 34.6 Å². The summed E-state index contributed by atoms with van der Waals surface area (Å²) in [5.41, 5.74) is 7.05. The smallest absolute Gasteiger partial charge is 0.128 e. The highest BCUT2D eigenvalue weighted by atomic mass is 127. The largest absolute Gasteiger partial charge is 0.384 e. The highest BCUT2D eigenvalue weighted by molar-refractivity contribution is 14.1. The summed E-state index contributed by atoms with van der Waals surface area (Å²) in [6.45, 7) is 2.19. The van der Waals surface area contributed by atoms with Crippen LogP contribution in [0.25, 0.3) is 5.00 Å². The first kappa shape index (κ1) is 11.9. The summed E-state index contributed by atoms with van der Waals surface area (Å²) in [6.07, 6.45) is 2.31. The molecule has 2 N–H and O–H groups in total. The van der Waals surface area contributed by atoms with Crippen LogP contribution in [0.3, 0.4) is 0 Å². The van der Waals surface area contributed by atoms with Crippen LogP contribution in [0.4, 0.5) is 5.82 Å². The van der Waals surface area contributed by atoms with E-state index in [1.54, 1.807) is 11.3 Å². The maximum absolute atomic E-state index is 5.97. The molecule has 3 nitrogen and oxygen atoms in total. The van der Waals surface area contributed by atoms with Crippen LogP contribution < -0.4 is 5.73 Å². The summed E-state index contributed by atoms with van der Waals surface area (Å²) >= 11 is 4.07. The number of nitrogens with zero attached hydrogens (tertiary/aromatic N) is 2. The molecule has 0 amide bonds. The second kappa shape index (κ2) is 5.18. The normalized spacial score (nSPS) is 12.9. The van der Waals surface area contributed by atoms with Crippen molar-refractivity contribution in [1.29, 1.82) is 0 Å². The highest BCUT2D eigenvalue weighted by Gasteiger charge is 2.13. The zero-order valence-electron chi connectivity index (χ0n) is 9.06. The van der Waals surface area contributed by atoms with Gasteiger partial charge in [-0.15, -0.1) is 11.3 Å². The second-order valence-corrected chi connectivity index (χ2v) is 6.04. The van der Waals surface area contributed by atoms with Crippen molar-refractivity contribution in [2.45, 2.75) is 23.7 Å². The first-order chi connectivity index (χ1) is 7.72. The van der Waals surface area contributed by atoms with Gasteiger partial charge in [0.1, 0.15) is 10.8 Å². The SMILES string of the molecule is CCCC(I)c1cc(N)n(-c2cccs2)n1. The number of hydrogen-bond donors (Lipinski definition) is 1. The van der Waals surface area contributed by atoms with Crippen LogP contribution in [0.15, 0.2) is 23.6 Å². The quantitative estimate of drug-likeness (QED) is 0.676. The Hall–Kier alpha value is -0.560. The number of rotatable bonds is 4. The fourth-order valence-corrected chi connectivity index (χ4v) is 3.16. The van der Waals surface area contributed by atoms with Gasteiger partial charge in [0.15, 0.2) is 0 Å². The third-order valence-corrected chi connectivity index (χ3v) is 4.44. The lowest BCUT2D eigenvalue weighted by atomic mass is 10.2. The minimum absolute atomic E-state index is 0.450. The monoisotopic (exact) mass is 347 g/mol. The summed E-state index contributed by atoms with van der Waals surface area (Å²) in [6, 6.07) is 6.01. The summed E-state index contributed by atoms with van der Waals surface area (Å²) < 4.78 is 2.27. The first-order valence-corrected chi connectivity index (χ1v) is 7.38. The van der Waals surface area contributed by atoms with Crippen LogP contribution in [0.5, 0.6) is 0 Å². The number of halogens is 1. The van der Waals surface area contributed by atoms with Gasteiger partial charge < -0.3 is 5.73 Å². The summed E-state index contributed by atoms with van der Waals surface area (Å²) in [5.74, 6) is 0.718. The van der Waals surface area contributed by atoms with Crippen molar-refractivity contribution in [3.63, 3.8) is 0 Å². The van der Waals surface area contributed by atoms with Crippen molar-refractivity contribution in [3.8, 4) is 5.00 Å². The molecule has 1 unspecified atom stereocenters. The van der Waals surface area contributed by atoms with E-state index in [-0.39, 0.29) is 0 Å². The van der Waals surface area contributed by atoms with Crippen molar-refractivity contribution in [2.24, 2.45) is 0 Å². The predicted octanol–water partition coefficient (Wildman–Crippen LogP) is 3.79. The number of hydrogen-bond acceptors (Lipinski definition) is 3. The van der Waals surface area contributed by atoms with Crippen molar-refractivity contribution in [2.75, 3.05) is 5.73 Å². The molecule has 0 saturated heterocycles. The third kappa shape index (κ3) is 2.40. The highest BCUT2D eigenvalue weighted by Crippen LogP contribution is 2.30. The van der Waals surface area contributed by atoms with E-state index >= 15 is 0 Å². The maximum Gasteiger partial charge on any atom is 0.128 e. The van der Waals surface area contributed by atoms with E-state index in [1.807, 2.05) is 28.3 Å². The molecule has 0 radical (unpaired) electrons. The molecule has 0 aliphatic rings. The molecule has 0 saturated carbocycles. The van der Waals surface area contributed by atoms with Crippen LogP contribution in [-0.4, -0.2) is 9.78 Å². The number of aromatic nitrogens is 2. The predicted molar refractivity (Wildman–Crippen MR) is 77.5 cm³/mol. The summed E-state index contributed by atoms with van der Waals surface area (Å²) in [7, 11) is 0. The molecule has 0 spiro atoms. The Morgan fingerprint density at radius 1 is 1.62 bits per heavy atom. The Morgan fingerprint density at radius 3 is 3.06 bits per heavy atom. The lowest BCUT2D eigenvalue weighted by molar-refractivity contribution is 0.760. The summed E-state index contributed by atoms with van der Waals surface area (Å²) in [5, 5.41) is 7.67. The molecule has 2 rings (SSSR count). The Bertz CT molecular complexity index is 450. The fraction of sp³-hybridized carbons (Fsp3) is 0.364. The Kier molecular flexibility index (Phi) is 3.86. The van der Waals surface area contributed by atoms with Gasteiger partial charge in [-0.05, 0) is 23.9 Å². The van der Waals surface area contributed by atoms with Gasteiger partial charge in [0.25, 0.3) is 0 Å². The van der Waals surface area contributed by atoms with Crippen LogP contribution in [0.2, 0.25) is 0 Å². The maximum atomic E-state index is 5.97. The van der Waals surface area contributed by atoms with E-state index in [9.17, 15) is 0 Å². The number of nitrogens with two attached hydrogens (primary N) is 1. The van der Waals surface area contributed by atoms with Gasteiger partial charge in [-0.2, -0.15) is 5.10 Å². The van der Waals surface area contributed by atoms with E-state index in [0.29, 0.717) is 3.92 Å². The lowest BCUT2D eigenvalue weighted by Crippen LogP contribution is -1.99. The molecule has 0 aliphatic carbocycles. The van der Waals surface area contributed by atoms with Crippen molar-refractivity contribution in [3.05, 3.63) is 29.3 Å². The number of anilines is 1. The van der Waals surface area contributed by atoms with Crippen molar-refractivity contribution in [1.82, 2.24) is 9.78 Å². The van der Waals surface area contributed by atoms with Gasteiger partial charge >= 0.3 is 0 Å². The molecule has 16 heavy (non-hydrogen) atoms. The second-order valence-electron chi connectivity index (χ2n) is 3.61. The van der Waals surface area contributed by atoms with Gasteiger partial charge in [0, 0.05) is 6.07 Å². The van der Waals surface area contributed by atoms with E-state index in [0.717, 1.165) is 22.9 Å². The minimum Gasteiger partial charge on any atom is -0.384 e. The standard InChI is InChI=1S/C11H14IN3S/c1-2-4-8(12)9-7-10(13)15(14-9)11-5-3-6-16-11/h3,5-8H,2,4,13H2,1H3. The molecule has 5 heteroatoms. The van der Waals surface area contributed by atoms with Gasteiger partial charge in [-0.25, -0.2) is 4.68 Å². The lowest BCUT2D eigenvalue weighted by Gasteiger charge is -2.03. The fourth-order valence-electron chi connectivity index (χ4n) is 1.54. The molecule has 0 aromatic carbocycles. The van der Waals surface area contributed by atoms with Crippen LogP contribution in [0, 0.1) is 0 Å². The summed E-state index contributed by atoms with van der Waals surface area (Å²) in [4.78, 5) is 0. The first-order valence-electron chi connectivity index (χ1n) is 5.25. The van der Waals surface area contributed by atoms with Crippen molar-refractivity contribution >= 4 is 39.7 Å². The Labute approximate surface area is 113 Å². The van der Waals surface area contributed by atoms with E-state index in [4.69, 9.17) is 5.73 Å². The Morgan fingerprint density at radius 2 is 2.44 bits per heavy atom. The van der Waals surface area contributed by atoms with E-state index in [1.165, 1.54) is 6.42 Å². The zero-order valence-corrected chi connectivity index (χ0v) is 12.0.